The molecule has 1 aromatic heterocycles. The number of hydrogen-bond donors (Lipinski definition) is 3. The largest absolute Gasteiger partial charge is 0.362 e. The van der Waals surface area contributed by atoms with E-state index in [-0.39, 0.29) is 11.3 Å². The van der Waals surface area contributed by atoms with Crippen LogP contribution in [0.3, 0.4) is 0 Å². The average Bonchev–Trinajstić information content (AvgIpc) is 3.21. The normalized spacial score (nSPS) is 18.1. The number of carbonyl (C=O) groups excluding carboxylic acids is 1. The van der Waals surface area contributed by atoms with E-state index in [1.807, 2.05) is 0 Å². The summed E-state index contributed by atoms with van der Waals surface area (Å²) in [6, 6.07) is 4.34. The first kappa shape index (κ1) is 19.6. The summed E-state index contributed by atoms with van der Waals surface area (Å²) in [6.45, 7) is 1.74. The molecule has 0 bridgehead atoms. The number of fused-ring (bicyclic) bond motifs is 1. The van der Waals surface area contributed by atoms with Gasteiger partial charge in [0, 0.05) is 35.0 Å². The smallest absolute Gasteiger partial charge is 0.255 e. The van der Waals surface area contributed by atoms with Gasteiger partial charge in [0.15, 0.2) is 17.5 Å². The SMILES string of the molecule is Cc1cc(C(=O)Nc2cc(F)c(F)c(F)c2)cc2c1NC(c1nccs1)NS2=O. The van der Waals surface area contributed by atoms with E-state index in [0.29, 0.717) is 33.3 Å². The van der Waals surface area contributed by atoms with E-state index in [0.717, 1.165) is 0 Å². The van der Waals surface area contributed by atoms with Crippen LogP contribution >= 0.6 is 11.3 Å². The summed E-state index contributed by atoms with van der Waals surface area (Å²) in [4.78, 5) is 17.1. The molecule has 0 aliphatic carbocycles. The number of thiazole rings is 1. The molecule has 11 heteroatoms. The van der Waals surface area contributed by atoms with Crippen molar-refractivity contribution in [2.24, 2.45) is 0 Å². The van der Waals surface area contributed by atoms with Gasteiger partial charge in [-0.05, 0) is 24.6 Å². The van der Waals surface area contributed by atoms with Gasteiger partial charge in [-0.1, -0.05) is 0 Å². The molecule has 0 fully saturated rings. The van der Waals surface area contributed by atoms with Crippen molar-refractivity contribution in [2.75, 3.05) is 10.6 Å². The van der Waals surface area contributed by atoms with E-state index in [9.17, 15) is 22.2 Å². The Morgan fingerprint density at radius 3 is 2.59 bits per heavy atom. The lowest BCUT2D eigenvalue weighted by Crippen LogP contribution is -2.35. The van der Waals surface area contributed by atoms with Crippen molar-refractivity contribution < 1.29 is 22.2 Å². The van der Waals surface area contributed by atoms with Crippen molar-refractivity contribution in [2.45, 2.75) is 18.0 Å². The maximum absolute atomic E-state index is 13.4. The number of carbonyl (C=O) groups is 1. The molecule has 1 amide bonds. The second kappa shape index (κ2) is 7.58. The van der Waals surface area contributed by atoms with Gasteiger partial charge in [0.2, 0.25) is 0 Å². The molecule has 0 radical (unpaired) electrons. The van der Waals surface area contributed by atoms with E-state index >= 15 is 0 Å². The van der Waals surface area contributed by atoms with E-state index < -0.39 is 40.5 Å². The predicted octanol–water partition coefficient (Wildman–Crippen LogP) is 3.86. The highest BCUT2D eigenvalue weighted by Crippen LogP contribution is 2.33. The van der Waals surface area contributed by atoms with Crippen LogP contribution < -0.4 is 15.4 Å². The fraction of sp³-hybridized carbons (Fsp3) is 0.111. The second-order valence-electron chi connectivity index (χ2n) is 6.21. The lowest BCUT2D eigenvalue weighted by Gasteiger charge is -2.27. The van der Waals surface area contributed by atoms with Crippen LogP contribution in [0.1, 0.15) is 27.1 Å². The summed E-state index contributed by atoms with van der Waals surface area (Å²) in [6.07, 6.45) is 1.20. The molecule has 3 N–H and O–H groups in total. The van der Waals surface area contributed by atoms with E-state index in [1.54, 1.807) is 24.6 Å². The van der Waals surface area contributed by atoms with Crippen LogP contribution in [0.25, 0.3) is 0 Å². The first-order chi connectivity index (χ1) is 13.8. The molecular weight excluding hydrogens is 425 g/mol. The predicted molar refractivity (Wildman–Crippen MR) is 103 cm³/mol. The second-order valence-corrected chi connectivity index (χ2v) is 8.35. The highest BCUT2D eigenvalue weighted by atomic mass is 32.2. The molecule has 0 saturated carbocycles. The van der Waals surface area contributed by atoms with E-state index in [2.05, 4.69) is 20.3 Å². The van der Waals surface area contributed by atoms with Gasteiger partial charge in [-0.3, -0.25) is 4.79 Å². The minimum Gasteiger partial charge on any atom is -0.362 e. The highest BCUT2D eigenvalue weighted by Gasteiger charge is 2.28. The molecule has 4 rings (SSSR count). The quantitative estimate of drug-likeness (QED) is 0.543. The summed E-state index contributed by atoms with van der Waals surface area (Å²) >= 11 is 1.40. The van der Waals surface area contributed by atoms with Gasteiger partial charge >= 0.3 is 0 Å². The van der Waals surface area contributed by atoms with Crippen molar-refractivity contribution in [1.82, 2.24) is 9.71 Å². The van der Waals surface area contributed by atoms with Gasteiger partial charge in [-0.15, -0.1) is 11.3 Å². The lowest BCUT2D eigenvalue weighted by molar-refractivity contribution is 0.102. The number of nitrogens with one attached hydrogen (secondary N) is 3. The minimum atomic E-state index is -1.62. The number of rotatable bonds is 3. The molecule has 0 saturated heterocycles. The van der Waals surface area contributed by atoms with Gasteiger partial charge in [0.05, 0.1) is 10.6 Å². The van der Waals surface area contributed by atoms with Crippen LogP contribution in [-0.4, -0.2) is 15.1 Å². The molecule has 1 aliphatic rings. The number of halogens is 3. The third kappa shape index (κ3) is 3.76. The zero-order chi connectivity index (χ0) is 20.7. The zero-order valence-electron chi connectivity index (χ0n) is 14.8. The molecule has 150 valence electrons. The summed E-state index contributed by atoms with van der Waals surface area (Å²) in [7, 11) is -1.62. The van der Waals surface area contributed by atoms with Crippen molar-refractivity contribution in [3.63, 3.8) is 0 Å². The molecule has 6 nitrogen and oxygen atoms in total. The van der Waals surface area contributed by atoms with Crippen molar-refractivity contribution in [3.8, 4) is 0 Å². The average molecular weight is 438 g/mol. The molecule has 3 aromatic rings. The summed E-state index contributed by atoms with van der Waals surface area (Å²) in [5.74, 6) is -5.12. The first-order valence-electron chi connectivity index (χ1n) is 8.28. The third-order valence-corrected chi connectivity index (χ3v) is 6.23. The van der Waals surface area contributed by atoms with Crippen LogP contribution in [0.15, 0.2) is 40.7 Å². The molecule has 0 spiro atoms. The molecule has 2 heterocycles. The van der Waals surface area contributed by atoms with Crippen molar-refractivity contribution >= 4 is 39.6 Å². The molecule has 2 aromatic carbocycles. The molecule has 2 unspecified atom stereocenters. The van der Waals surface area contributed by atoms with Gasteiger partial charge < -0.3 is 10.6 Å². The van der Waals surface area contributed by atoms with Gasteiger partial charge in [0.1, 0.15) is 22.2 Å². The van der Waals surface area contributed by atoms with Crippen LogP contribution in [0.5, 0.6) is 0 Å². The number of anilines is 2. The van der Waals surface area contributed by atoms with Gasteiger partial charge in [0.25, 0.3) is 5.91 Å². The Labute approximate surface area is 169 Å². The van der Waals surface area contributed by atoms with Crippen LogP contribution in [0, 0.1) is 24.4 Å². The van der Waals surface area contributed by atoms with E-state index in [1.165, 1.54) is 17.4 Å². The van der Waals surface area contributed by atoms with Crippen molar-refractivity contribution in [1.29, 1.82) is 0 Å². The topological polar surface area (TPSA) is 83.1 Å². The molecule has 2 atom stereocenters. The maximum atomic E-state index is 13.4. The Morgan fingerprint density at radius 1 is 1.21 bits per heavy atom. The minimum absolute atomic E-state index is 0.135. The van der Waals surface area contributed by atoms with Crippen LogP contribution in [0.4, 0.5) is 24.5 Å². The first-order valence-corrected chi connectivity index (χ1v) is 10.3. The molecule has 29 heavy (non-hydrogen) atoms. The monoisotopic (exact) mass is 438 g/mol. The number of amides is 1. The summed E-state index contributed by atoms with van der Waals surface area (Å²) in [5, 5.41) is 8.04. The standard InChI is InChI=1S/C18H13F3N4O2S2/c1-8-4-9(17(26)23-10-6-11(19)14(21)12(20)7-10)5-13-15(8)24-16(25-29(13)27)18-22-2-3-28-18/h2-7,16,24-25H,1H3,(H,23,26). The Hall–Kier alpha value is -2.76. The molecule has 1 aliphatic heterocycles. The van der Waals surface area contributed by atoms with E-state index in [4.69, 9.17) is 0 Å². The Kier molecular flexibility index (Phi) is 5.11. The summed E-state index contributed by atoms with van der Waals surface area (Å²) < 4.78 is 55.3. The van der Waals surface area contributed by atoms with Gasteiger partial charge in [-0.25, -0.2) is 27.1 Å². The Bertz CT molecular complexity index is 1120. The molecular formula is C18H13F3N4O2S2. The number of aryl methyl sites for hydroxylation is 1. The fourth-order valence-corrected chi connectivity index (χ4v) is 4.74. The van der Waals surface area contributed by atoms with Crippen LogP contribution in [-0.2, 0) is 11.0 Å². The number of benzene rings is 2. The van der Waals surface area contributed by atoms with Crippen molar-refractivity contribution in [3.05, 3.63) is 69.4 Å². The third-order valence-electron chi connectivity index (χ3n) is 4.21. The number of aromatic nitrogens is 1. The maximum Gasteiger partial charge on any atom is 0.255 e. The van der Waals surface area contributed by atoms with Crippen LogP contribution in [0.2, 0.25) is 0 Å². The Morgan fingerprint density at radius 2 is 1.93 bits per heavy atom. The fourth-order valence-electron chi connectivity index (χ4n) is 2.88. The Balaban J connectivity index is 1.62. The van der Waals surface area contributed by atoms with Gasteiger partial charge in [-0.2, -0.15) is 0 Å². The number of hydrogen-bond acceptors (Lipinski definition) is 5. The highest BCUT2D eigenvalue weighted by molar-refractivity contribution is 7.83. The summed E-state index contributed by atoms with van der Waals surface area (Å²) in [5.41, 5.74) is 1.16. The zero-order valence-corrected chi connectivity index (χ0v) is 16.4. The number of nitrogens with zero attached hydrogens (tertiary/aromatic N) is 1. The lowest BCUT2D eigenvalue weighted by atomic mass is 10.1.